The van der Waals surface area contributed by atoms with Gasteiger partial charge in [-0.2, -0.15) is 0 Å². The summed E-state index contributed by atoms with van der Waals surface area (Å²) >= 11 is 0. The minimum atomic E-state index is 0.280. The van der Waals surface area contributed by atoms with E-state index in [1.54, 1.807) is 14.2 Å². The summed E-state index contributed by atoms with van der Waals surface area (Å²) in [5.41, 5.74) is 1.26. The molecule has 1 N–H and O–H groups in total. The van der Waals surface area contributed by atoms with Crippen LogP contribution in [-0.2, 0) is 6.54 Å². The van der Waals surface area contributed by atoms with Crippen LogP contribution in [0.15, 0.2) is 18.2 Å². The van der Waals surface area contributed by atoms with Crippen LogP contribution in [0.3, 0.4) is 0 Å². The van der Waals surface area contributed by atoms with Gasteiger partial charge < -0.3 is 19.5 Å². The van der Waals surface area contributed by atoms with Crippen molar-refractivity contribution in [1.29, 1.82) is 0 Å². The van der Waals surface area contributed by atoms with Gasteiger partial charge in [0.2, 0.25) is 0 Å². The average Bonchev–Trinajstić information content (AvgIpc) is 2.60. The standard InChI is InChI=1S/C18H30N2O3/c1-19(9-4-12-21)16-7-10-20(11-8-16)14-15-5-6-17(22-2)18(13-15)23-3/h5-6,13,16,21H,4,7-12,14H2,1-3H3. The summed E-state index contributed by atoms with van der Waals surface area (Å²) in [6.07, 6.45) is 3.24. The molecule has 1 aliphatic rings. The number of ether oxygens (including phenoxy) is 2. The van der Waals surface area contributed by atoms with Crippen molar-refractivity contribution in [2.24, 2.45) is 0 Å². The Morgan fingerprint density at radius 1 is 1.17 bits per heavy atom. The first kappa shape index (κ1) is 18.0. The topological polar surface area (TPSA) is 45.2 Å². The van der Waals surface area contributed by atoms with Gasteiger partial charge in [0.25, 0.3) is 0 Å². The molecule has 0 aromatic heterocycles. The number of rotatable bonds is 8. The fraction of sp³-hybridized carbons (Fsp3) is 0.667. The Bertz CT molecular complexity index is 473. The number of hydrogen-bond acceptors (Lipinski definition) is 5. The molecular weight excluding hydrogens is 292 g/mol. The molecule has 0 bridgehead atoms. The number of aliphatic hydroxyl groups excluding tert-OH is 1. The van der Waals surface area contributed by atoms with Gasteiger partial charge in [0.15, 0.2) is 11.5 Å². The van der Waals surface area contributed by atoms with Crippen molar-refractivity contribution in [2.45, 2.75) is 31.8 Å². The van der Waals surface area contributed by atoms with Crippen molar-refractivity contribution in [3.63, 3.8) is 0 Å². The summed E-state index contributed by atoms with van der Waals surface area (Å²) in [6.45, 7) is 4.44. The molecule has 1 aromatic carbocycles. The first-order chi connectivity index (χ1) is 11.2. The third kappa shape index (κ3) is 5.09. The van der Waals surface area contributed by atoms with E-state index >= 15 is 0 Å². The third-order valence-electron chi connectivity index (χ3n) is 4.70. The molecule has 1 heterocycles. The Morgan fingerprint density at radius 2 is 1.87 bits per heavy atom. The van der Waals surface area contributed by atoms with Gasteiger partial charge in [0.05, 0.1) is 14.2 Å². The van der Waals surface area contributed by atoms with Crippen LogP contribution in [-0.4, -0.2) is 68.5 Å². The van der Waals surface area contributed by atoms with E-state index in [-0.39, 0.29) is 6.61 Å². The van der Waals surface area contributed by atoms with E-state index in [2.05, 4.69) is 29.0 Å². The zero-order chi connectivity index (χ0) is 16.7. The predicted octanol–water partition coefficient (Wildman–Crippen LogP) is 1.98. The maximum absolute atomic E-state index is 8.95. The summed E-state index contributed by atoms with van der Waals surface area (Å²) < 4.78 is 10.7. The van der Waals surface area contributed by atoms with E-state index < -0.39 is 0 Å². The molecule has 0 amide bonds. The van der Waals surface area contributed by atoms with Crippen LogP contribution in [0.5, 0.6) is 11.5 Å². The van der Waals surface area contributed by atoms with E-state index in [1.807, 2.05) is 6.07 Å². The highest BCUT2D eigenvalue weighted by Crippen LogP contribution is 2.28. The molecule has 5 heteroatoms. The Hall–Kier alpha value is -1.30. The fourth-order valence-corrected chi connectivity index (χ4v) is 3.26. The molecule has 23 heavy (non-hydrogen) atoms. The zero-order valence-electron chi connectivity index (χ0n) is 14.6. The van der Waals surface area contributed by atoms with Crippen LogP contribution < -0.4 is 9.47 Å². The molecule has 0 atom stereocenters. The van der Waals surface area contributed by atoms with Gasteiger partial charge in [-0.3, -0.25) is 4.90 Å². The molecule has 0 spiro atoms. The van der Waals surface area contributed by atoms with E-state index in [0.717, 1.165) is 44.1 Å². The van der Waals surface area contributed by atoms with Gasteiger partial charge in [-0.1, -0.05) is 6.07 Å². The van der Waals surface area contributed by atoms with E-state index in [0.29, 0.717) is 6.04 Å². The molecule has 2 rings (SSSR count). The van der Waals surface area contributed by atoms with Gasteiger partial charge in [-0.05, 0) is 57.1 Å². The maximum Gasteiger partial charge on any atom is 0.161 e. The third-order valence-corrected chi connectivity index (χ3v) is 4.70. The SMILES string of the molecule is COc1ccc(CN2CCC(N(C)CCCO)CC2)cc1OC. The summed E-state index contributed by atoms with van der Waals surface area (Å²) in [6, 6.07) is 6.80. The number of nitrogens with zero attached hydrogens (tertiary/aromatic N) is 2. The summed E-state index contributed by atoms with van der Waals surface area (Å²) in [4.78, 5) is 4.89. The van der Waals surface area contributed by atoms with Crippen molar-refractivity contribution in [3.05, 3.63) is 23.8 Å². The Morgan fingerprint density at radius 3 is 2.48 bits per heavy atom. The van der Waals surface area contributed by atoms with Crippen LogP contribution in [0, 0.1) is 0 Å². The van der Waals surface area contributed by atoms with E-state index in [1.165, 1.54) is 18.4 Å². The lowest BCUT2D eigenvalue weighted by molar-refractivity contribution is 0.117. The van der Waals surface area contributed by atoms with Gasteiger partial charge >= 0.3 is 0 Å². The minimum absolute atomic E-state index is 0.280. The highest BCUT2D eigenvalue weighted by molar-refractivity contribution is 5.42. The largest absolute Gasteiger partial charge is 0.493 e. The number of hydrogen-bond donors (Lipinski definition) is 1. The van der Waals surface area contributed by atoms with Crippen LogP contribution in [0.25, 0.3) is 0 Å². The summed E-state index contributed by atoms with van der Waals surface area (Å²) in [5.74, 6) is 1.57. The molecule has 5 nitrogen and oxygen atoms in total. The molecule has 0 saturated carbocycles. The molecule has 0 radical (unpaired) electrons. The molecule has 1 aromatic rings. The molecule has 1 saturated heterocycles. The van der Waals surface area contributed by atoms with Gasteiger partial charge in [0.1, 0.15) is 0 Å². The molecule has 130 valence electrons. The van der Waals surface area contributed by atoms with Crippen molar-refractivity contribution in [1.82, 2.24) is 9.80 Å². The fourth-order valence-electron chi connectivity index (χ4n) is 3.26. The van der Waals surface area contributed by atoms with Crippen molar-refractivity contribution in [3.8, 4) is 11.5 Å². The van der Waals surface area contributed by atoms with Crippen LogP contribution >= 0.6 is 0 Å². The Labute approximate surface area is 139 Å². The lowest BCUT2D eigenvalue weighted by Gasteiger charge is -2.36. The van der Waals surface area contributed by atoms with Gasteiger partial charge in [-0.15, -0.1) is 0 Å². The second-order valence-corrected chi connectivity index (χ2v) is 6.25. The molecular formula is C18H30N2O3. The molecule has 0 unspecified atom stereocenters. The Kier molecular flexibility index (Phi) is 7.15. The van der Waals surface area contributed by atoms with E-state index in [9.17, 15) is 0 Å². The molecule has 1 fully saturated rings. The van der Waals surface area contributed by atoms with Crippen molar-refractivity contribution >= 4 is 0 Å². The molecule has 0 aliphatic carbocycles. The molecule has 1 aliphatic heterocycles. The first-order valence-electron chi connectivity index (χ1n) is 8.42. The van der Waals surface area contributed by atoms with E-state index in [4.69, 9.17) is 14.6 Å². The second kappa shape index (κ2) is 9.11. The van der Waals surface area contributed by atoms with Crippen LogP contribution in [0.1, 0.15) is 24.8 Å². The monoisotopic (exact) mass is 322 g/mol. The van der Waals surface area contributed by atoms with Crippen molar-refractivity contribution < 1.29 is 14.6 Å². The number of likely N-dealkylation sites (tertiary alicyclic amines) is 1. The highest BCUT2D eigenvalue weighted by atomic mass is 16.5. The van der Waals surface area contributed by atoms with Gasteiger partial charge in [0, 0.05) is 25.7 Å². The predicted molar refractivity (Wildman–Crippen MR) is 92.2 cm³/mol. The maximum atomic E-state index is 8.95. The van der Waals surface area contributed by atoms with Crippen LogP contribution in [0.2, 0.25) is 0 Å². The van der Waals surface area contributed by atoms with Crippen molar-refractivity contribution in [2.75, 3.05) is 47.5 Å². The smallest absolute Gasteiger partial charge is 0.161 e. The normalized spacial score (nSPS) is 16.7. The number of piperidine rings is 1. The summed E-state index contributed by atoms with van der Waals surface area (Å²) in [7, 11) is 5.51. The second-order valence-electron chi connectivity index (χ2n) is 6.25. The lowest BCUT2D eigenvalue weighted by Crippen LogP contribution is -2.43. The average molecular weight is 322 g/mol. The lowest BCUT2D eigenvalue weighted by atomic mass is 10.0. The summed E-state index contributed by atoms with van der Waals surface area (Å²) in [5, 5.41) is 8.95. The quantitative estimate of drug-likeness (QED) is 0.793. The number of aliphatic hydroxyl groups is 1. The number of methoxy groups -OCH3 is 2. The Balaban J connectivity index is 1.84. The van der Waals surface area contributed by atoms with Crippen LogP contribution in [0.4, 0.5) is 0 Å². The number of benzene rings is 1. The highest BCUT2D eigenvalue weighted by Gasteiger charge is 2.22. The minimum Gasteiger partial charge on any atom is -0.493 e. The van der Waals surface area contributed by atoms with Gasteiger partial charge in [-0.25, -0.2) is 0 Å². The zero-order valence-corrected chi connectivity index (χ0v) is 14.6. The first-order valence-corrected chi connectivity index (χ1v) is 8.42.